The maximum atomic E-state index is 14.8. The lowest BCUT2D eigenvalue weighted by molar-refractivity contribution is -0.0101. The maximum absolute atomic E-state index is 14.8. The molecular formula is C36H55N3O3S. The molecule has 3 saturated heterocycles. The van der Waals surface area contributed by atoms with E-state index in [-0.39, 0.29) is 17.9 Å². The summed E-state index contributed by atoms with van der Waals surface area (Å²) in [6, 6.07) is 3.85. The first-order chi connectivity index (χ1) is 20.4. The zero-order chi connectivity index (χ0) is 31.5. The topological polar surface area (TPSA) is 82.5 Å². The number of methoxy groups -OCH3 is 1. The van der Waals surface area contributed by atoms with Crippen LogP contribution in [0.4, 0.5) is 0 Å². The van der Waals surface area contributed by atoms with Gasteiger partial charge in [-0.25, -0.2) is 13.1 Å². The molecule has 5 atom stereocenters. The zero-order valence-corrected chi connectivity index (χ0v) is 28.6. The predicted molar refractivity (Wildman–Crippen MR) is 179 cm³/mol. The summed E-state index contributed by atoms with van der Waals surface area (Å²) in [6.07, 6.45) is 13.2. The van der Waals surface area contributed by atoms with Crippen molar-refractivity contribution >= 4 is 16.2 Å². The number of hydrogen-bond donors (Lipinski definition) is 2. The van der Waals surface area contributed by atoms with Gasteiger partial charge in [-0.1, -0.05) is 73.1 Å². The van der Waals surface area contributed by atoms with Crippen LogP contribution in [0.25, 0.3) is 0 Å². The molecule has 0 amide bonds. The van der Waals surface area contributed by atoms with Crippen LogP contribution >= 0.6 is 0 Å². The van der Waals surface area contributed by atoms with Gasteiger partial charge in [-0.2, -0.15) is 0 Å². The number of rotatable bonds is 13. The zero-order valence-electron chi connectivity index (χ0n) is 27.7. The Labute approximate surface area is 261 Å². The number of allylic oxidation sites excluding steroid dienone is 4. The highest BCUT2D eigenvalue weighted by Crippen LogP contribution is 2.42. The van der Waals surface area contributed by atoms with Crippen LogP contribution in [0.1, 0.15) is 121 Å². The van der Waals surface area contributed by atoms with Gasteiger partial charge in [0, 0.05) is 19.0 Å². The number of hydrogen-bond acceptors (Lipinski definition) is 5. The number of nitrogens with zero attached hydrogens (tertiary/aromatic N) is 1. The van der Waals surface area contributed by atoms with Gasteiger partial charge >= 0.3 is 0 Å². The Balaban J connectivity index is 1.88. The fourth-order valence-corrected chi connectivity index (χ4v) is 9.49. The van der Waals surface area contributed by atoms with Crippen LogP contribution < -0.4 is 4.72 Å². The number of ether oxygens (including phenoxy) is 1. The molecular weight excluding hydrogens is 554 g/mol. The molecule has 6 nitrogen and oxygen atoms in total. The van der Waals surface area contributed by atoms with E-state index in [9.17, 15) is 8.42 Å². The first kappa shape index (κ1) is 33.7. The van der Waals surface area contributed by atoms with E-state index in [2.05, 4.69) is 76.3 Å². The van der Waals surface area contributed by atoms with Gasteiger partial charge in [-0.05, 0) is 108 Å². The average Bonchev–Trinajstić information content (AvgIpc) is 2.98. The molecule has 0 spiro atoms. The van der Waals surface area contributed by atoms with E-state index in [0.717, 1.165) is 47.5 Å². The highest BCUT2D eigenvalue weighted by molar-refractivity contribution is 7.89. The minimum Gasteiger partial charge on any atom is -0.497 e. The van der Waals surface area contributed by atoms with Crippen LogP contribution in [0, 0.1) is 17.2 Å². The lowest BCUT2D eigenvalue weighted by Crippen LogP contribution is -2.61. The summed E-state index contributed by atoms with van der Waals surface area (Å²) in [5.74, 6) is 2.45. The Hall–Kier alpha value is -2.22. The van der Waals surface area contributed by atoms with Gasteiger partial charge in [0.25, 0.3) is 0 Å². The normalized spacial score (nSPS) is 25.8. The molecule has 3 heterocycles. The van der Waals surface area contributed by atoms with Crippen LogP contribution in [0.3, 0.4) is 0 Å². The van der Waals surface area contributed by atoms with Crippen molar-refractivity contribution in [2.75, 3.05) is 20.2 Å². The van der Waals surface area contributed by atoms with Crippen molar-refractivity contribution in [3.63, 3.8) is 0 Å². The average molecular weight is 610 g/mol. The first-order valence-electron chi connectivity index (χ1n) is 16.5. The Morgan fingerprint density at radius 3 is 2.30 bits per heavy atom. The molecule has 3 fully saturated rings. The fraction of sp³-hybridized carbons (Fsp3) is 0.639. The van der Waals surface area contributed by atoms with Crippen molar-refractivity contribution in [2.24, 2.45) is 11.8 Å². The largest absolute Gasteiger partial charge is 0.497 e. The predicted octanol–water partition coefficient (Wildman–Crippen LogP) is 8.04. The highest BCUT2D eigenvalue weighted by Gasteiger charge is 2.45. The Morgan fingerprint density at radius 2 is 1.79 bits per heavy atom. The van der Waals surface area contributed by atoms with Crippen LogP contribution in [-0.2, 0) is 14.8 Å². The molecule has 1 aliphatic carbocycles. The molecule has 5 unspecified atom stereocenters. The van der Waals surface area contributed by atoms with Gasteiger partial charge in [-0.15, -0.1) is 0 Å². The van der Waals surface area contributed by atoms with E-state index in [1.165, 1.54) is 31.0 Å². The monoisotopic (exact) mass is 609 g/mol. The van der Waals surface area contributed by atoms with Gasteiger partial charge < -0.3 is 10.1 Å². The van der Waals surface area contributed by atoms with E-state index in [1.54, 1.807) is 7.11 Å². The van der Waals surface area contributed by atoms with Crippen molar-refractivity contribution in [3.05, 3.63) is 64.0 Å². The van der Waals surface area contributed by atoms with Gasteiger partial charge in [0.05, 0.1) is 18.0 Å². The summed E-state index contributed by atoms with van der Waals surface area (Å²) in [7, 11) is -2.26. The van der Waals surface area contributed by atoms with Crippen molar-refractivity contribution in [1.82, 2.24) is 9.62 Å². The van der Waals surface area contributed by atoms with E-state index in [1.807, 2.05) is 12.2 Å². The number of nitrogens with one attached hydrogen (secondary N) is 2. The molecule has 5 rings (SSSR count). The molecule has 238 valence electrons. The molecule has 0 radical (unpaired) electrons. The fourth-order valence-electron chi connectivity index (χ4n) is 7.53. The lowest BCUT2D eigenvalue weighted by atomic mass is 9.71. The molecule has 0 saturated carbocycles. The highest BCUT2D eigenvalue weighted by atomic mass is 32.2. The van der Waals surface area contributed by atoms with Crippen molar-refractivity contribution in [1.29, 1.82) is 5.41 Å². The van der Waals surface area contributed by atoms with Crippen LogP contribution in [-0.4, -0.2) is 51.8 Å². The standard InChI is InChI=1S/C36H55N3O3S/c1-9-11-28-22-39-17-15-26(28)21-34(39)35(31(14-16-37)27-12-10-13-30(18-27)42-8)38-43(40,41)36-32(24(4)5)19-29(23(2)3)20-33(36)25(6)7/h10,13,16,18-20,23-26,28,34-35,37-38H,9,11-12,14-15,17,21-22H2,1-8H3/b31-27-,37-16?. The van der Waals surface area contributed by atoms with Crippen molar-refractivity contribution in [3.8, 4) is 0 Å². The maximum Gasteiger partial charge on any atom is 0.241 e. The molecule has 3 aliphatic heterocycles. The van der Waals surface area contributed by atoms with Crippen molar-refractivity contribution in [2.45, 2.75) is 122 Å². The number of benzene rings is 1. The second-order valence-electron chi connectivity index (χ2n) is 13.8. The third kappa shape index (κ3) is 7.37. The molecule has 43 heavy (non-hydrogen) atoms. The van der Waals surface area contributed by atoms with Gasteiger partial charge in [-0.3, -0.25) is 4.90 Å². The van der Waals surface area contributed by atoms with Crippen molar-refractivity contribution < 1.29 is 13.2 Å². The summed E-state index contributed by atoms with van der Waals surface area (Å²) in [6.45, 7) is 17.0. The van der Waals surface area contributed by atoms with E-state index in [4.69, 9.17) is 10.1 Å². The SMILES string of the molecule is CCCC1CN2CCC1CC2C(NS(=O)(=O)c1c(C(C)C)cc(C(C)C)cc1C(C)C)/C(CC=N)=C1\C=C(OC)C=CC1. The number of sulfonamides is 1. The molecule has 7 heteroatoms. The van der Waals surface area contributed by atoms with Gasteiger partial charge in [0.2, 0.25) is 10.0 Å². The van der Waals surface area contributed by atoms with E-state index < -0.39 is 16.1 Å². The molecule has 0 aromatic heterocycles. The third-order valence-electron chi connectivity index (χ3n) is 9.89. The number of piperidine rings is 3. The van der Waals surface area contributed by atoms with E-state index >= 15 is 0 Å². The summed E-state index contributed by atoms with van der Waals surface area (Å²) in [5, 5.41) is 8.16. The van der Waals surface area contributed by atoms with Gasteiger partial charge in [0.15, 0.2) is 0 Å². The Morgan fingerprint density at radius 1 is 1.12 bits per heavy atom. The summed E-state index contributed by atoms with van der Waals surface area (Å²) in [4.78, 5) is 2.99. The quantitative estimate of drug-likeness (QED) is 0.222. The van der Waals surface area contributed by atoms with Crippen LogP contribution in [0.15, 0.2) is 52.2 Å². The summed E-state index contributed by atoms with van der Waals surface area (Å²) < 4.78 is 38.6. The molecule has 1 aromatic rings. The smallest absolute Gasteiger partial charge is 0.241 e. The van der Waals surface area contributed by atoms with Crippen LogP contribution in [0.5, 0.6) is 0 Å². The second kappa shape index (κ2) is 14.3. The molecule has 2 bridgehead atoms. The Bertz CT molecular complexity index is 1330. The lowest BCUT2D eigenvalue weighted by Gasteiger charge is -2.53. The molecule has 1 aromatic carbocycles. The summed E-state index contributed by atoms with van der Waals surface area (Å²) in [5.41, 5.74) is 4.99. The minimum absolute atomic E-state index is 0.0503. The van der Waals surface area contributed by atoms with Crippen LogP contribution in [0.2, 0.25) is 0 Å². The third-order valence-corrected chi connectivity index (χ3v) is 11.5. The number of fused-ring (bicyclic) bond motifs is 3. The summed E-state index contributed by atoms with van der Waals surface area (Å²) >= 11 is 0. The first-order valence-corrected chi connectivity index (χ1v) is 18.0. The van der Waals surface area contributed by atoms with E-state index in [0.29, 0.717) is 35.5 Å². The Kier molecular flexibility index (Phi) is 11.2. The minimum atomic E-state index is -3.92. The second-order valence-corrected chi connectivity index (χ2v) is 15.5. The van der Waals surface area contributed by atoms with Gasteiger partial charge in [0.1, 0.15) is 5.76 Å². The molecule has 4 aliphatic rings. The molecule has 2 N–H and O–H groups in total.